The predicted octanol–water partition coefficient (Wildman–Crippen LogP) is 2.29. The largest absolute Gasteiger partial charge is 0.489 e. The average Bonchev–Trinajstić information content (AvgIpc) is 2.37. The van der Waals surface area contributed by atoms with Gasteiger partial charge < -0.3 is 14.4 Å². The average molecular weight is 247 g/mol. The molecule has 1 atom stereocenters. The van der Waals surface area contributed by atoms with Gasteiger partial charge in [-0.2, -0.15) is 0 Å². The third-order valence-corrected chi connectivity index (χ3v) is 3.33. The van der Waals surface area contributed by atoms with Crippen molar-refractivity contribution in [1.82, 2.24) is 4.90 Å². The maximum Gasteiger partial charge on any atom is 0.120 e. The van der Waals surface area contributed by atoms with Crippen molar-refractivity contribution >= 4 is 6.29 Å². The van der Waals surface area contributed by atoms with Crippen molar-refractivity contribution in [3.05, 3.63) is 29.8 Å². The number of ether oxygens (including phenoxy) is 1. The Balaban J connectivity index is 1.93. The molecule has 3 heteroatoms. The smallest absolute Gasteiger partial charge is 0.120 e. The number of piperidine rings is 1. The molecule has 1 unspecified atom stereocenters. The zero-order valence-corrected chi connectivity index (χ0v) is 11.0. The Morgan fingerprint density at radius 1 is 1.50 bits per heavy atom. The Labute approximate surface area is 109 Å². The van der Waals surface area contributed by atoms with Crippen molar-refractivity contribution in [2.24, 2.45) is 0 Å². The second-order valence-electron chi connectivity index (χ2n) is 5.00. The van der Waals surface area contributed by atoms with Crippen LogP contribution in [-0.2, 0) is 11.2 Å². The van der Waals surface area contributed by atoms with E-state index in [1.54, 1.807) is 0 Å². The number of likely N-dealkylation sites (N-methyl/N-ethyl adjacent to an activating group) is 1. The van der Waals surface area contributed by atoms with Crippen molar-refractivity contribution in [2.75, 3.05) is 20.1 Å². The lowest BCUT2D eigenvalue weighted by Crippen LogP contribution is -2.38. The topological polar surface area (TPSA) is 29.5 Å². The van der Waals surface area contributed by atoms with E-state index in [1.165, 1.54) is 18.5 Å². The first-order valence-corrected chi connectivity index (χ1v) is 6.65. The molecule has 0 spiro atoms. The van der Waals surface area contributed by atoms with E-state index >= 15 is 0 Å². The summed E-state index contributed by atoms with van der Waals surface area (Å²) in [6.45, 7) is 2.16. The van der Waals surface area contributed by atoms with E-state index in [9.17, 15) is 4.79 Å². The van der Waals surface area contributed by atoms with Crippen LogP contribution in [0.2, 0.25) is 0 Å². The molecule has 1 fully saturated rings. The molecule has 3 nitrogen and oxygen atoms in total. The summed E-state index contributed by atoms with van der Waals surface area (Å²) in [4.78, 5) is 12.7. The van der Waals surface area contributed by atoms with Gasteiger partial charge in [-0.05, 0) is 50.6 Å². The highest BCUT2D eigenvalue weighted by atomic mass is 16.5. The van der Waals surface area contributed by atoms with E-state index in [2.05, 4.69) is 18.0 Å². The first kappa shape index (κ1) is 13.1. The summed E-state index contributed by atoms with van der Waals surface area (Å²) in [6, 6.07) is 8.10. The lowest BCUT2D eigenvalue weighted by molar-refractivity contribution is -0.107. The van der Waals surface area contributed by atoms with Gasteiger partial charge in [-0.3, -0.25) is 0 Å². The molecule has 0 amide bonds. The normalized spacial score (nSPS) is 20.6. The number of rotatable bonds is 5. The summed E-state index contributed by atoms with van der Waals surface area (Å²) in [5.41, 5.74) is 1.17. The molecule has 0 aliphatic carbocycles. The first-order chi connectivity index (χ1) is 8.78. The highest BCUT2D eigenvalue weighted by Gasteiger charge is 2.18. The van der Waals surface area contributed by atoms with Crippen molar-refractivity contribution < 1.29 is 9.53 Å². The molecule has 1 aromatic carbocycles. The molecule has 98 valence electrons. The lowest BCUT2D eigenvalue weighted by Gasteiger charge is -2.30. The maximum atomic E-state index is 10.4. The second kappa shape index (κ2) is 6.55. The summed E-state index contributed by atoms with van der Waals surface area (Å²) in [7, 11) is 2.13. The van der Waals surface area contributed by atoms with E-state index in [0.717, 1.165) is 31.4 Å². The number of carbonyl (C=O) groups excluding carboxylic acids is 1. The number of hydrogen-bond donors (Lipinski definition) is 0. The quantitative estimate of drug-likeness (QED) is 0.748. The van der Waals surface area contributed by atoms with Crippen molar-refractivity contribution in [3.63, 3.8) is 0 Å². The van der Waals surface area contributed by atoms with Crippen LogP contribution in [0, 0.1) is 0 Å². The zero-order chi connectivity index (χ0) is 12.8. The molecular formula is C15H21NO2. The van der Waals surface area contributed by atoms with Crippen LogP contribution in [0.3, 0.4) is 0 Å². The number of likely N-dealkylation sites (tertiary alicyclic amines) is 1. The Kier molecular flexibility index (Phi) is 4.76. The minimum Gasteiger partial charge on any atom is -0.489 e. The molecule has 0 bridgehead atoms. The van der Waals surface area contributed by atoms with Gasteiger partial charge in [0.15, 0.2) is 0 Å². The zero-order valence-electron chi connectivity index (χ0n) is 11.0. The SMILES string of the molecule is CN1CCCC(Oc2cccc(CCC=O)c2)C1. The van der Waals surface area contributed by atoms with E-state index in [-0.39, 0.29) is 0 Å². The molecule has 2 rings (SSSR count). The lowest BCUT2D eigenvalue weighted by atomic mass is 10.1. The summed E-state index contributed by atoms with van der Waals surface area (Å²) in [5, 5.41) is 0. The van der Waals surface area contributed by atoms with E-state index in [4.69, 9.17) is 4.74 Å². The fourth-order valence-corrected chi connectivity index (χ4v) is 2.41. The van der Waals surface area contributed by atoms with Gasteiger partial charge in [-0.1, -0.05) is 12.1 Å². The van der Waals surface area contributed by atoms with Gasteiger partial charge in [0.1, 0.15) is 18.1 Å². The van der Waals surface area contributed by atoms with Crippen LogP contribution in [0.25, 0.3) is 0 Å². The first-order valence-electron chi connectivity index (χ1n) is 6.65. The third-order valence-electron chi connectivity index (χ3n) is 3.33. The molecule has 0 saturated carbocycles. The molecule has 1 aromatic rings. The summed E-state index contributed by atoms with van der Waals surface area (Å²) < 4.78 is 6.02. The van der Waals surface area contributed by atoms with Crippen LogP contribution in [-0.4, -0.2) is 37.4 Å². The molecule has 18 heavy (non-hydrogen) atoms. The van der Waals surface area contributed by atoms with Gasteiger partial charge in [0.25, 0.3) is 0 Å². The van der Waals surface area contributed by atoms with Crippen LogP contribution in [0.1, 0.15) is 24.8 Å². The molecule has 0 aromatic heterocycles. The number of hydrogen-bond acceptors (Lipinski definition) is 3. The van der Waals surface area contributed by atoms with Crippen molar-refractivity contribution in [3.8, 4) is 5.75 Å². The predicted molar refractivity (Wildman–Crippen MR) is 72.0 cm³/mol. The molecule has 1 aliphatic rings. The highest BCUT2D eigenvalue weighted by Crippen LogP contribution is 2.19. The summed E-state index contributed by atoms with van der Waals surface area (Å²) in [5.74, 6) is 0.929. The molecule has 1 saturated heterocycles. The van der Waals surface area contributed by atoms with Gasteiger partial charge in [0.05, 0.1) is 0 Å². The third kappa shape index (κ3) is 3.84. The van der Waals surface area contributed by atoms with E-state index in [0.29, 0.717) is 12.5 Å². The number of aryl methyl sites for hydroxylation is 1. The van der Waals surface area contributed by atoms with Gasteiger partial charge >= 0.3 is 0 Å². The summed E-state index contributed by atoms with van der Waals surface area (Å²) in [6.07, 6.45) is 4.96. The van der Waals surface area contributed by atoms with Gasteiger partial charge in [0, 0.05) is 13.0 Å². The molecule has 0 N–H and O–H groups in total. The van der Waals surface area contributed by atoms with Crippen LogP contribution >= 0.6 is 0 Å². The Hall–Kier alpha value is -1.35. The number of carbonyl (C=O) groups is 1. The van der Waals surface area contributed by atoms with Crippen molar-refractivity contribution in [1.29, 1.82) is 0 Å². The van der Waals surface area contributed by atoms with Crippen LogP contribution < -0.4 is 4.74 Å². The van der Waals surface area contributed by atoms with E-state index in [1.807, 2.05) is 18.2 Å². The van der Waals surface area contributed by atoms with Gasteiger partial charge in [0.2, 0.25) is 0 Å². The molecule has 0 radical (unpaired) electrons. The minimum atomic E-state index is 0.296. The van der Waals surface area contributed by atoms with Gasteiger partial charge in [-0.15, -0.1) is 0 Å². The number of aldehydes is 1. The molecule has 1 aliphatic heterocycles. The Morgan fingerprint density at radius 2 is 2.39 bits per heavy atom. The highest BCUT2D eigenvalue weighted by molar-refractivity contribution is 5.50. The number of nitrogens with zero attached hydrogens (tertiary/aromatic N) is 1. The molecular weight excluding hydrogens is 226 g/mol. The number of benzene rings is 1. The monoisotopic (exact) mass is 247 g/mol. The Morgan fingerprint density at radius 3 is 3.17 bits per heavy atom. The fourth-order valence-electron chi connectivity index (χ4n) is 2.41. The minimum absolute atomic E-state index is 0.296. The molecule has 1 heterocycles. The Bertz CT molecular complexity index is 392. The van der Waals surface area contributed by atoms with Crippen LogP contribution in [0.15, 0.2) is 24.3 Å². The van der Waals surface area contributed by atoms with Crippen LogP contribution in [0.4, 0.5) is 0 Å². The van der Waals surface area contributed by atoms with Gasteiger partial charge in [-0.25, -0.2) is 0 Å². The van der Waals surface area contributed by atoms with Crippen molar-refractivity contribution in [2.45, 2.75) is 31.8 Å². The summed E-state index contributed by atoms with van der Waals surface area (Å²) >= 11 is 0. The van der Waals surface area contributed by atoms with E-state index < -0.39 is 0 Å². The maximum absolute atomic E-state index is 10.4. The second-order valence-corrected chi connectivity index (χ2v) is 5.00. The fraction of sp³-hybridized carbons (Fsp3) is 0.533. The standard InChI is InChI=1S/C15H21NO2/c1-16-9-3-8-15(12-16)18-14-7-2-5-13(11-14)6-4-10-17/h2,5,7,10-11,15H,3-4,6,8-9,12H2,1H3. The van der Waals surface area contributed by atoms with Crippen LogP contribution in [0.5, 0.6) is 5.75 Å².